The summed E-state index contributed by atoms with van der Waals surface area (Å²) in [5.41, 5.74) is 1.17. The van der Waals surface area contributed by atoms with Crippen LogP contribution in [0.4, 0.5) is 5.82 Å². The van der Waals surface area contributed by atoms with Crippen LogP contribution in [0.3, 0.4) is 0 Å². The molecule has 2 heterocycles. The lowest BCUT2D eigenvalue weighted by Gasteiger charge is -2.06. The number of carbonyl (C=O) groups is 1. The first-order valence-corrected chi connectivity index (χ1v) is 6.30. The Balaban J connectivity index is 2.22. The van der Waals surface area contributed by atoms with Crippen molar-refractivity contribution in [2.45, 2.75) is 13.3 Å². The molecule has 19 heavy (non-hydrogen) atoms. The molecule has 0 radical (unpaired) electrons. The largest absolute Gasteiger partial charge is 0.306 e. The van der Waals surface area contributed by atoms with Crippen LogP contribution in [0.25, 0.3) is 0 Å². The van der Waals surface area contributed by atoms with E-state index in [0.717, 1.165) is 5.69 Å². The summed E-state index contributed by atoms with van der Waals surface area (Å²) in [4.78, 5) is 23.8. The summed E-state index contributed by atoms with van der Waals surface area (Å²) < 4.78 is 0. The van der Waals surface area contributed by atoms with Gasteiger partial charge in [-0.25, -0.2) is 15.0 Å². The Kier molecular flexibility index (Phi) is 4.29. The van der Waals surface area contributed by atoms with Crippen LogP contribution >= 0.6 is 23.2 Å². The van der Waals surface area contributed by atoms with Crippen molar-refractivity contribution >= 4 is 34.9 Å². The number of halogens is 2. The van der Waals surface area contributed by atoms with Gasteiger partial charge in [0.2, 0.25) is 5.28 Å². The molecule has 0 aliphatic rings. The molecule has 5 nitrogen and oxygen atoms in total. The highest BCUT2D eigenvalue weighted by Gasteiger charge is 2.10. The fourth-order valence-electron chi connectivity index (χ4n) is 1.46. The minimum atomic E-state index is -0.325. The summed E-state index contributed by atoms with van der Waals surface area (Å²) in [6, 6.07) is 4.73. The van der Waals surface area contributed by atoms with Crippen LogP contribution in [0, 0.1) is 0 Å². The van der Waals surface area contributed by atoms with E-state index in [0.29, 0.717) is 17.8 Å². The molecule has 0 bridgehead atoms. The second-order valence-corrected chi connectivity index (χ2v) is 4.41. The zero-order valence-electron chi connectivity index (χ0n) is 10.0. The minimum Gasteiger partial charge on any atom is -0.306 e. The normalized spacial score (nSPS) is 10.3. The predicted molar refractivity (Wildman–Crippen MR) is 73.6 cm³/mol. The molecule has 7 heteroatoms. The maximum atomic E-state index is 12.0. The van der Waals surface area contributed by atoms with Crippen LogP contribution in [0.1, 0.15) is 23.0 Å². The van der Waals surface area contributed by atoms with Crippen molar-refractivity contribution in [1.82, 2.24) is 15.0 Å². The van der Waals surface area contributed by atoms with Gasteiger partial charge >= 0.3 is 0 Å². The van der Waals surface area contributed by atoms with E-state index in [1.54, 1.807) is 12.1 Å². The van der Waals surface area contributed by atoms with Crippen molar-refractivity contribution in [2.75, 3.05) is 5.32 Å². The first kappa shape index (κ1) is 13.7. The van der Waals surface area contributed by atoms with Crippen molar-refractivity contribution in [3.63, 3.8) is 0 Å². The molecule has 0 spiro atoms. The van der Waals surface area contributed by atoms with Gasteiger partial charge in [-0.3, -0.25) is 4.79 Å². The Morgan fingerprint density at radius 3 is 2.79 bits per heavy atom. The fourth-order valence-corrected chi connectivity index (χ4v) is 1.83. The van der Waals surface area contributed by atoms with Gasteiger partial charge in [0.1, 0.15) is 11.0 Å². The topological polar surface area (TPSA) is 67.8 Å². The van der Waals surface area contributed by atoms with E-state index >= 15 is 0 Å². The van der Waals surface area contributed by atoms with E-state index in [2.05, 4.69) is 20.3 Å². The molecule has 1 amide bonds. The van der Waals surface area contributed by atoms with E-state index < -0.39 is 0 Å². The van der Waals surface area contributed by atoms with Gasteiger partial charge in [-0.05, 0) is 36.2 Å². The molecule has 0 saturated heterocycles. The van der Waals surface area contributed by atoms with Gasteiger partial charge in [-0.15, -0.1) is 0 Å². The van der Waals surface area contributed by atoms with E-state index in [4.69, 9.17) is 23.2 Å². The Bertz CT molecular complexity index is 618. The van der Waals surface area contributed by atoms with Gasteiger partial charge in [0.15, 0.2) is 0 Å². The lowest BCUT2D eigenvalue weighted by molar-refractivity contribution is 0.102. The number of aryl methyl sites for hydroxylation is 1. The van der Waals surface area contributed by atoms with Gasteiger partial charge in [-0.2, -0.15) is 0 Å². The van der Waals surface area contributed by atoms with Crippen molar-refractivity contribution < 1.29 is 4.79 Å². The molecule has 0 aliphatic heterocycles. The number of nitrogens with one attached hydrogen (secondary N) is 1. The van der Waals surface area contributed by atoms with E-state index in [9.17, 15) is 4.79 Å². The average molecular weight is 297 g/mol. The molecule has 98 valence electrons. The molecule has 0 atom stereocenters. The highest BCUT2D eigenvalue weighted by atomic mass is 35.5. The van der Waals surface area contributed by atoms with Gasteiger partial charge in [0, 0.05) is 17.5 Å². The van der Waals surface area contributed by atoms with Crippen LogP contribution in [0.15, 0.2) is 24.4 Å². The van der Waals surface area contributed by atoms with Crippen molar-refractivity contribution in [1.29, 1.82) is 0 Å². The third-order valence-corrected chi connectivity index (χ3v) is 2.72. The molecule has 0 unspecified atom stereocenters. The summed E-state index contributed by atoms with van der Waals surface area (Å²) >= 11 is 11.5. The molecule has 0 aromatic carbocycles. The van der Waals surface area contributed by atoms with Crippen LogP contribution in [-0.4, -0.2) is 20.9 Å². The number of aromatic nitrogens is 3. The number of hydrogen-bond acceptors (Lipinski definition) is 4. The molecular weight excluding hydrogens is 287 g/mol. The number of rotatable bonds is 3. The van der Waals surface area contributed by atoms with Gasteiger partial charge in [0.05, 0.1) is 0 Å². The van der Waals surface area contributed by atoms with E-state index in [-0.39, 0.29) is 16.3 Å². The summed E-state index contributed by atoms with van der Waals surface area (Å²) in [6.45, 7) is 1.94. The molecule has 0 aliphatic carbocycles. The number of anilines is 1. The highest BCUT2D eigenvalue weighted by molar-refractivity contribution is 6.30. The van der Waals surface area contributed by atoms with Gasteiger partial charge < -0.3 is 5.32 Å². The lowest BCUT2D eigenvalue weighted by atomic mass is 10.2. The number of amides is 1. The standard InChI is InChI=1S/C12H10Cl2N4O/c1-2-8-5-7(6-9(13)16-8)11(19)17-10-3-4-15-12(14)18-10/h3-6H,2H2,1H3,(H,15,17,18,19). The average Bonchev–Trinajstić information content (AvgIpc) is 2.38. The Morgan fingerprint density at radius 2 is 2.11 bits per heavy atom. The Morgan fingerprint density at radius 1 is 1.32 bits per heavy atom. The predicted octanol–water partition coefficient (Wildman–Crippen LogP) is 2.99. The molecule has 0 fully saturated rings. The maximum Gasteiger partial charge on any atom is 0.256 e. The van der Waals surface area contributed by atoms with Crippen LogP contribution in [0.5, 0.6) is 0 Å². The number of nitrogens with zero attached hydrogens (tertiary/aromatic N) is 3. The first-order chi connectivity index (χ1) is 9.08. The summed E-state index contributed by atoms with van der Waals surface area (Å²) in [6.07, 6.45) is 2.15. The van der Waals surface area contributed by atoms with Crippen molar-refractivity contribution in [3.8, 4) is 0 Å². The molecule has 0 saturated carbocycles. The van der Waals surface area contributed by atoms with Crippen molar-refractivity contribution in [3.05, 3.63) is 46.1 Å². The summed E-state index contributed by atoms with van der Waals surface area (Å²) in [5, 5.41) is 2.97. The third-order valence-electron chi connectivity index (χ3n) is 2.34. The summed E-state index contributed by atoms with van der Waals surface area (Å²) in [7, 11) is 0. The number of carbonyl (C=O) groups excluding carboxylic acids is 1. The molecule has 1 N–H and O–H groups in total. The fraction of sp³-hybridized carbons (Fsp3) is 0.167. The van der Waals surface area contributed by atoms with Crippen molar-refractivity contribution in [2.24, 2.45) is 0 Å². The summed E-state index contributed by atoms with van der Waals surface area (Å²) in [5.74, 6) is 0.00440. The smallest absolute Gasteiger partial charge is 0.256 e. The third kappa shape index (κ3) is 3.62. The maximum absolute atomic E-state index is 12.0. The van der Waals surface area contributed by atoms with Crippen LogP contribution in [-0.2, 0) is 6.42 Å². The SMILES string of the molecule is CCc1cc(C(=O)Nc2ccnc(Cl)n2)cc(Cl)n1. The monoisotopic (exact) mass is 296 g/mol. The molecule has 2 rings (SSSR count). The molecule has 2 aromatic rings. The Hall–Kier alpha value is -1.72. The quantitative estimate of drug-likeness (QED) is 0.698. The minimum absolute atomic E-state index is 0.0693. The first-order valence-electron chi connectivity index (χ1n) is 5.55. The van der Waals surface area contributed by atoms with E-state index in [1.807, 2.05) is 6.92 Å². The van der Waals surface area contributed by atoms with Crippen LogP contribution < -0.4 is 5.32 Å². The lowest BCUT2D eigenvalue weighted by Crippen LogP contribution is -2.14. The molecular formula is C12H10Cl2N4O. The highest BCUT2D eigenvalue weighted by Crippen LogP contribution is 2.14. The zero-order valence-corrected chi connectivity index (χ0v) is 11.5. The molecule has 2 aromatic heterocycles. The van der Waals surface area contributed by atoms with E-state index in [1.165, 1.54) is 12.3 Å². The van der Waals surface area contributed by atoms with Crippen LogP contribution in [0.2, 0.25) is 10.4 Å². The Labute approximate surface area is 120 Å². The van der Waals surface area contributed by atoms with Gasteiger partial charge in [0.25, 0.3) is 5.91 Å². The van der Waals surface area contributed by atoms with Gasteiger partial charge in [-0.1, -0.05) is 18.5 Å². The number of hydrogen-bond donors (Lipinski definition) is 1. The second kappa shape index (κ2) is 5.95. The number of pyridine rings is 1. The second-order valence-electron chi connectivity index (χ2n) is 3.69. The zero-order chi connectivity index (χ0) is 13.8.